The lowest BCUT2D eigenvalue weighted by Crippen LogP contribution is -2.52. The minimum Gasteiger partial charge on any atom is -0.357 e. The van der Waals surface area contributed by atoms with Gasteiger partial charge in [0.1, 0.15) is 6.04 Å². The Morgan fingerprint density at radius 2 is 1.61 bits per heavy atom. The molecular formula is C26H27BrClN3O4S. The Morgan fingerprint density at radius 1 is 0.972 bits per heavy atom. The van der Waals surface area contributed by atoms with Crippen LogP contribution in [-0.2, 0) is 32.6 Å². The summed E-state index contributed by atoms with van der Waals surface area (Å²) in [4.78, 5) is 28.1. The molecule has 3 rings (SSSR count). The van der Waals surface area contributed by atoms with E-state index >= 15 is 0 Å². The van der Waals surface area contributed by atoms with Crippen molar-refractivity contribution in [2.75, 3.05) is 20.6 Å². The van der Waals surface area contributed by atoms with Crippen LogP contribution >= 0.6 is 27.5 Å². The number of halogens is 2. The van der Waals surface area contributed by atoms with E-state index in [1.165, 1.54) is 43.3 Å². The summed E-state index contributed by atoms with van der Waals surface area (Å²) >= 11 is 9.33. The molecule has 10 heteroatoms. The first-order valence-corrected chi connectivity index (χ1v) is 13.7. The number of carbonyl (C=O) groups excluding carboxylic acids is 2. The van der Waals surface area contributed by atoms with Crippen molar-refractivity contribution in [1.82, 2.24) is 14.5 Å². The van der Waals surface area contributed by atoms with Gasteiger partial charge >= 0.3 is 0 Å². The lowest BCUT2D eigenvalue weighted by Gasteiger charge is -2.32. The second-order valence-corrected chi connectivity index (χ2v) is 11.6. The van der Waals surface area contributed by atoms with Crippen LogP contribution in [0.1, 0.15) is 11.1 Å². The lowest BCUT2D eigenvalue weighted by atomic mass is 10.0. The molecule has 0 bridgehead atoms. The van der Waals surface area contributed by atoms with Crippen molar-refractivity contribution in [2.24, 2.45) is 0 Å². The molecule has 0 unspecified atom stereocenters. The fourth-order valence-corrected chi connectivity index (χ4v) is 5.40. The summed E-state index contributed by atoms with van der Waals surface area (Å²) in [6.07, 6.45) is 0.272. The van der Waals surface area contributed by atoms with Gasteiger partial charge in [-0.05, 0) is 47.5 Å². The summed E-state index contributed by atoms with van der Waals surface area (Å²) in [5.74, 6) is -0.843. The molecule has 2 amide bonds. The molecule has 0 aromatic heterocycles. The Bertz CT molecular complexity index is 1300. The third-order valence-electron chi connectivity index (χ3n) is 5.64. The second-order valence-electron chi connectivity index (χ2n) is 8.19. The molecule has 1 atom stereocenters. The average Bonchev–Trinajstić information content (AvgIpc) is 2.86. The number of hydrogen-bond acceptors (Lipinski definition) is 4. The summed E-state index contributed by atoms with van der Waals surface area (Å²) < 4.78 is 28.0. The first-order chi connectivity index (χ1) is 17.1. The molecule has 0 spiro atoms. The molecule has 0 aliphatic heterocycles. The van der Waals surface area contributed by atoms with Gasteiger partial charge in [0.2, 0.25) is 21.8 Å². The van der Waals surface area contributed by atoms with Crippen LogP contribution in [-0.4, -0.2) is 56.1 Å². The normalized spacial score (nSPS) is 12.2. The fraction of sp³-hybridized carbons (Fsp3) is 0.231. The zero-order valence-corrected chi connectivity index (χ0v) is 23.1. The van der Waals surface area contributed by atoms with Gasteiger partial charge in [0, 0.05) is 36.6 Å². The third kappa shape index (κ3) is 7.16. The Morgan fingerprint density at radius 3 is 2.22 bits per heavy atom. The van der Waals surface area contributed by atoms with Crippen LogP contribution in [0.4, 0.5) is 0 Å². The molecular weight excluding hydrogens is 566 g/mol. The van der Waals surface area contributed by atoms with Gasteiger partial charge in [-0.15, -0.1) is 0 Å². The molecule has 3 aromatic carbocycles. The zero-order chi connectivity index (χ0) is 26.3. The topological polar surface area (TPSA) is 86.8 Å². The van der Waals surface area contributed by atoms with Crippen molar-refractivity contribution in [3.63, 3.8) is 0 Å². The molecule has 0 saturated carbocycles. The molecule has 0 saturated heterocycles. The number of carbonyl (C=O) groups is 2. The van der Waals surface area contributed by atoms with E-state index < -0.39 is 28.5 Å². The van der Waals surface area contributed by atoms with Gasteiger partial charge in [-0.3, -0.25) is 9.59 Å². The summed E-state index contributed by atoms with van der Waals surface area (Å²) in [7, 11) is -1.10. The van der Waals surface area contributed by atoms with E-state index in [9.17, 15) is 18.0 Å². The Kier molecular flexibility index (Phi) is 9.67. The van der Waals surface area contributed by atoms with Crippen LogP contribution in [0.15, 0.2) is 88.2 Å². The van der Waals surface area contributed by atoms with Crippen molar-refractivity contribution >= 4 is 49.4 Å². The van der Waals surface area contributed by atoms with Crippen LogP contribution in [0, 0.1) is 0 Å². The van der Waals surface area contributed by atoms with Crippen LogP contribution in [0.2, 0.25) is 5.02 Å². The molecule has 3 aromatic rings. The molecule has 0 fully saturated rings. The van der Waals surface area contributed by atoms with Gasteiger partial charge in [0.05, 0.1) is 11.4 Å². The number of amides is 2. The van der Waals surface area contributed by atoms with E-state index in [0.29, 0.717) is 5.02 Å². The number of sulfonamides is 1. The van der Waals surface area contributed by atoms with E-state index in [1.807, 2.05) is 54.6 Å². The molecule has 7 nitrogen and oxygen atoms in total. The zero-order valence-electron chi connectivity index (χ0n) is 19.9. The van der Waals surface area contributed by atoms with Crippen molar-refractivity contribution < 1.29 is 18.0 Å². The first kappa shape index (κ1) is 27.9. The highest BCUT2D eigenvalue weighted by molar-refractivity contribution is 9.10. The van der Waals surface area contributed by atoms with Gasteiger partial charge in [0.25, 0.3) is 0 Å². The monoisotopic (exact) mass is 591 g/mol. The molecule has 1 N–H and O–H groups in total. The Balaban J connectivity index is 1.94. The van der Waals surface area contributed by atoms with Crippen molar-refractivity contribution in [3.8, 4) is 0 Å². The quantitative estimate of drug-likeness (QED) is 0.384. The lowest BCUT2D eigenvalue weighted by molar-refractivity contribution is -0.141. The predicted molar refractivity (Wildman–Crippen MR) is 144 cm³/mol. The minimum absolute atomic E-state index is 0.0212. The Labute approximate surface area is 225 Å². The maximum atomic E-state index is 13.6. The van der Waals surface area contributed by atoms with Gasteiger partial charge in [-0.2, -0.15) is 4.31 Å². The molecule has 0 heterocycles. The SMILES string of the molecule is CNC(=O)[C@H](Cc1ccccc1)N(Cc1cccc(Br)c1)C(=O)CN(C)S(=O)(=O)c1ccc(Cl)cc1. The van der Waals surface area contributed by atoms with E-state index in [-0.39, 0.29) is 23.8 Å². The van der Waals surface area contributed by atoms with Gasteiger partial charge < -0.3 is 10.2 Å². The highest BCUT2D eigenvalue weighted by atomic mass is 79.9. The van der Waals surface area contributed by atoms with E-state index in [4.69, 9.17) is 11.6 Å². The van der Waals surface area contributed by atoms with Crippen LogP contribution in [0.25, 0.3) is 0 Å². The molecule has 36 heavy (non-hydrogen) atoms. The number of likely N-dealkylation sites (N-methyl/N-ethyl adjacent to an activating group) is 2. The number of hydrogen-bond donors (Lipinski definition) is 1. The molecule has 0 aliphatic carbocycles. The number of nitrogens with one attached hydrogen (secondary N) is 1. The smallest absolute Gasteiger partial charge is 0.243 e. The third-order valence-corrected chi connectivity index (χ3v) is 8.20. The molecule has 0 aliphatic rings. The highest BCUT2D eigenvalue weighted by Crippen LogP contribution is 2.20. The van der Waals surface area contributed by atoms with E-state index in [2.05, 4.69) is 21.2 Å². The number of rotatable bonds is 10. The maximum absolute atomic E-state index is 13.6. The highest BCUT2D eigenvalue weighted by Gasteiger charge is 2.32. The molecule has 190 valence electrons. The van der Waals surface area contributed by atoms with Crippen molar-refractivity contribution in [1.29, 1.82) is 0 Å². The van der Waals surface area contributed by atoms with E-state index in [1.54, 1.807) is 0 Å². The predicted octanol–water partition coefficient (Wildman–Crippen LogP) is 4.11. The average molecular weight is 593 g/mol. The van der Waals surface area contributed by atoms with Crippen molar-refractivity contribution in [3.05, 3.63) is 99.5 Å². The standard InChI is InChI=1S/C26H27BrClN3O4S/c1-29-26(33)24(16-19-7-4-3-5-8-19)31(17-20-9-6-10-21(27)15-20)25(32)18-30(2)36(34,35)23-13-11-22(28)12-14-23/h3-15,24H,16-18H2,1-2H3,(H,29,33)/t24-/m0/s1. The number of nitrogens with zero attached hydrogens (tertiary/aromatic N) is 2. The Hall–Kier alpha value is -2.72. The second kappa shape index (κ2) is 12.5. The number of benzene rings is 3. The molecule has 0 radical (unpaired) electrons. The van der Waals surface area contributed by atoms with Crippen LogP contribution in [0.3, 0.4) is 0 Å². The van der Waals surface area contributed by atoms with Crippen LogP contribution in [0.5, 0.6) is 0 Å². The first-order valence-electron chi connectivity index (χ1n) is 11.1. The summed E-state index contributed by atoms with van der Waals surface area (Å²) in [6.45, 7) is -0.320. The summed E-state index contributed by atoms with van der Waals surface area (Å²) in [6, 6.07) is 21.7. The largest absolute Gasteiger partial charge is 0.357 e. The fourth-order valence-electron chi connectivity index (χ4n) is 3.71. The summed E-state index contributed by atoms with van der Waals surface area (Å²) in [5.41, 5.74) is 1.67. The summed E-state index contributed by atoms with van der Waals surface area (Å²) in [5, 5.41) is 3.05. The maximum Gasteiger partial charge on any atom is 0.243 e. The van der Waals surface area contributed by atoms with Crippen molar-refractivity contribution in [2.45, 2.75) is 23.9 Å². The van der Waals surface area contributed by atoms with Gasteiger partial charge in [-0.25, -0.2) is 8.42 Å². The van der Waals surface area contributed by atoms with Crippen LogP contribution < -0.4 is 5.32 Å². The minimum atomic E-state index is -3.96. The van der Waals surface area contributed by atoms with Gasteiger partial charge in [0.15, 0.2) is 0 Å². The van der Waals surface area contributed by atoms with E-state index in [0.717, 1.165) is 19.9 Å². The van der Waals surface area contributed by atoms with Gasteiger partial charge in [-0.1, -0.05) is 70.0 Å².